The number of rotatable bonds is 3. The van der Waals surface area contributed by atoms with Gasteiger partial charge < -0.3 is 4.90 Å². The predicted molar refractivity (Wildman–Crippen MR) is 79.5 cm³/mol. The van der Waals surface area contributed by atoms with Crippen LogP contribution in [0.25, 0.3) is 0 Å². The van der Waals surface area contributed by atoms with Gasteiger partial charge in [0.25, 0.3) is 0 Å². The minimum absolute atomic E-state index is 0.728. The van der Waals surface area contributed by atoms with Gasteiger partial charge in [-0.15, -0.1) is 0 Å². The maximum Gasteiger partial charge on any atom is 0.0372 e. The van der Waals surface area contributed by atoms with E-state index >= 15 is 0 Å². The molecule has 1 unspecified atom stereocenters. The second-order valence-electron chi connectivity index (χ2n) is 5.63. The fourth-order valence-electron chi connectivity index (χ4n) is 2.81. The largest absolute Gasteiger partial charge is 0.369 e. The standard InChI is InChI=1S/C16H26N2/c1-5-15(4)17-6-8-18(9-7-17)16-11-13(2)10-14(3)12-16/h10-12,15H,5-9H2,1-4H3. The quantitative estimate of drug-likeness (QED) is 0.808. The Balaban J connectivity index is 2.01. The fraction of sp³-hybridized carbons (Fsp3) is 0.625. The average molecular weight is 246 g/mol. The zero-order valence-electron chi connectivity index (χ0n) is 12.2. The van der Waals surface area contributed by atoms with Gasteiger partial charge in [0.1, 0.15) is 0 Å². The first-order valence-corrected chi connectivity index (χ1v) is 7.17. The van der Waals surface area contributed by atoms with E-state index in [1.807, 2.05) is 0 Å². The lowest BCUT2D eigenvalue weighted by Crippen LogP contribution is -2.49. The van der Waals surface area contributed by atoms with Crippen molar-refractivity contribution in [3.05, 3.63) is 29.3 Å². The molecule has 0 aliphatic carbocycles. The molecule has 0 amide bonds. The van der Waals surface area contributed by atoms with Crippen LogP contribution in [-0.2, 0) is 0 Å². The van der Waals surface area contributed by atoms with Crippen LogP contribution in [0.1, 0.15) is 31.4 Å². The third-order valence-corrected chi connectivity index (χ3v) is 4.10. The van der Waals surface area contributed by atoms with Gasteiger partial charge in [0, 0.05) is 37.9 Å². The van der Waals surface area contributed by atoms with Crippen LogP contribution in [0.15, 0.2) is 18.2 Å². The second-order valence-corrected chi connectivity index (χ2v) is 5.63. The Morgan fingerprint density at radius 3 is 2.06 bits per heavy atom. The van der Waals surface area contributed by atoms with Gasteiger partial charge in [-0.25, -0.2) is 0 Å². The molecule has 1 saturated heterocycles. The molecule has 0 spiro atoms. The van der Waals surface area contributed by atoms with Gasteiger partial charge in [-0.2, -0.15) is 0 Å². The average Bonchev–Trinajstić information content (AvgIpc) is 2.37. The first kappa shape index (κ1) is 13.4. The minimum atomic E-state index is 0.728. The van der Waals surface area contributed by atoms with Gasteiger partial charge in [-0.3, -0.25) is 4.90 Å². The number of nitrogens with zero attached hydrogens (tertiary/aromatic N) is 2. The summed E-state index contributed by atoms with van der Waals surface area (Å²) in [6.07, 6.45) is 1.25. The van der Waals surface area contributed by atoms with Crippen molar-refractivity contribution >= 4 is 5.69 Å². The van der Waals surface area contributed by atoms with E-state index in [2.05, 4.69) is 55.7 Å². The van der Waals surface area contributed by atoms with Gasteiger partial charge in [0.2, 0.25) is 0 Å². The van der Waals surface area contributed by atoms with E-state index in [4.69, 9.17) is 0 Å². The van der Waals surface area contributed by atoms with Crippen molar-refractivity contribution in [2.24, 2.45) is 0 Å². The zero-order valence-corrected chi connectivity index (χ0v) is 12.2. The molecule has 2 nitrogen and oxygen atoms in total. The molecule has 1 heterocycles. The van der Waals surface area contributed by atoms with E-state index in [1.54, 1.807) is 0 Å². The maximum absolute atomic E-state index is 2.61. The van der Waals surface area contributed by atoms with Gasteiger partial charge in [-0.05, 0) is 50.5 Å². The van der Waals surface area contributed by atoms with Gasteiger partial charge in [-0.1, -0.05) is 13.0 Å². The molecule has 0 saturated carbocycles. The Morgan fingerprint density at radius 1 is 1.00 bits per heavy atom. The lowest BCUT2D eigenvalue weighted by atomic mass is 10.1. The first-order valence-electron chi connectivity index (χ1n) is 7.17. The summed E-state index contributed by atoms with van der Waals surface area (Å²) in [4.78, 5) is 5.14. The SMILES string of the molecule is CCC(C)N1CCN(c2cc(C)cc(C)c2)CC1. The molecule has 100 valence electrons. The van der Waals surface area contributed by atoms with Crippen molar-refractivity contribution in [3.8, 4) is 0 Å². The van der Waals surface area contributed by atoms with Crippen molar-refractivity contribution < 1.29 is 0 Å². The molecule has 18 heavy (non-hydrogen) atoms. The Kier molecular flexibility index (Phi) is 4.28. The van der Waals surface area contributed by atoms with Crippen molar-refractivity contribution in [3.63, 3.8) is 0 Å². The van der Waals surface area contributed by atoms with E-state index in [0.29, 0.717) is 0 Å². The second kappa shape index (κ2) is 5.75. The molecule has 1 atom stereocenters. The summed E-state index contributed by atoms with van der Waals surface area (Å²) < 4.78 is 0. The molecule has 0 aromatic heterocycles. The first-order chi connectivity index (χ1) is 8.60. The fourth-order valence-corrected chi connectivity index (χ4v) is 2.81. The van der Waals surface area contributed by atoms with Crippen molar-refractivity contribution in [1.82, 2.24) is 4.90 Å². The third-order valence-electron chi connectivity index (χ3n) is 4.10. The summed E-state index contributed by atoms with van der Waals surface area (Å²) in [5, 5.41) is 0. The molecule has 0 bridgehead atoms. The molecule has 1 aliphatic heterocycles. The highest BCUT2D eigenvalue weighted by atomic mass is 15.3. The normalized spacial score (nSPS) is 19.0. The highest BCUT2D eigenvalue weighted by Crippen LogP contribution is 2.21. The van der Waals surface area contributed by atoms with E-state index in [9.17, 15) is 0 Å². The highest BCUT2D eigenvalue weighted by molar-refractivity contribution is 5.51. The number of aryl methyl sites for hydroxylation is 2. The summed E-state index contributed by atoms with van der Waals surface area (Å²) in [7, 11) is 0. The number of benzene rings is 1. The Hall–Kier alpha value is -1.02. The van der Waals surface area contributed by atoms with Crippen molar-refractivity contribution in [1.29, 1.82) is 0 Å². The summed E-state index contributed by atoms with van der Waals surface area (Å²) in [6.45, 7) is 13.7. The Labute approximate surface area is 112 Å². The molecular weight excluding hydrogens is 220 g/mol. The summed E-state index contributed by atoms with van der Waals surface area (Å²) >= 11 is 0. The van der Waals surface area contributed by atoms with Gasteiger partial charge in [0.15, 0.2) is 0 Å². The molecule has 2 rings (SSSR count). The number of anilines is 1. The van der Waals surface area contributed by atoms with Crippen LogP contribution in [0.2, 0.25) is 0 Å². The van der Waals surface area contributed by atoms with Gasteiger partial charge >= 0.3 is 0 Å². The van der Waals surface area contributed by atoms with Gasteiger partial charge in [0.05, 0.1) is 0 Å². The maximum atomic E-state index is 2.61. The van der Waals surface area contributed by atoms with Crippen molar-refractivity contribution in [2.75, 3.05) is 31.1 Å². The Bertz CT molecular complexity index is 372. The minimum Gasteiger partial charge on any atom is -0.369 e. The van der Waals surface area contributed by atoms with Crippen LogP contribution in [0.4, 0.5) is 5.69 Å². The highest BCUT2D eigenvalue weighted by Gasteiger charge is 2.20. The lowest BCUT2D eigenvalue weighted by molar-refractivity contribution is 0.193. The lowest BCUT2D eigenvalue weighted by Gasteiger charge is -2.39. The molecule has 0 N–H and O–H groups in total. The zero-order chi connectivity index (χ0) is 13.1. The Morgan fingerprint density at radius 2 is 1.56 bits per heavy atom. The van der Waals surface area contributed by atoms with E-state index in [-0.39, 0.29) is 0 Å². The molecule has 1 aromatic carbocycles. The third kappa shape index (κ3) is 3.05. The van der Waals surface area contributed by atoms with Crippen LogP contribution in [0.3, 0.4) is 0 Å². The molecule has 1 aliphatic rings. The van der Waals surface area contributed by atoms with Crippen molar-refractivity contribution in [2.45, 2.75) is 40.2 Å². The van der Waals surface area contributed by atoms with E-state index in [1.165, 1.54) is 36.3 Å². The predicted octanol–water partition coefficient (Wildman–Crippen LogP) is 3.22. The van der Waals surface area contributed by atoms with Crippen LogP contribution in [0, 0.1) is 13.8 Å². The summed E-state index contributed by atoms with van der Waals surface area (Å²) in [5.41, 5.74) is 4.14. The number of piperazine rings is 1. The van der Waals surface area contributed by atoms with Crippen LogP contribution in [0.5, 0.6) is 0 Å². The molecule has 0 radical (unpaired) electrons. The summed E-state index contributed by atoms with van der Waals surface area (Å²) in [6, 6.07) is 7.60. The number of hydrogen-bond donors (Lipinski definition) is 0. The smallest absolute Gasteiger partial charge is 0.0372 e. The van der Waals surface area contributed by atoms with Crippen LogP contribution in [-0.4, -0.2) is 37.1 Å². The summed E-state index contributed by atoms with van der Waals surface area (Å²) in [5.74, 6) is 0. The molecule has 1 aromatic rings. The van der Waals surface area contributed by atoms with E-state index < -0.39 is 0 Å². The number of hydrogen-bond acceptors (Lipinski definition) is 2. The molecule has 2 heteroatoms. The van der Waals surface area contributed by atoms with Crippen LogP contribution >= 0.6 is 0 Å². The van der Waals surface area contributed by atoms with E-state index in [0.717, 1.165) is 19.1 Å². The molecule has 1 fully saturated rings. The monoisotopic (exact) mass is 246 g/mol. The van der Waals surface area contributed by atoms with Crippen LogP contribution < -0.4 is 4.90 Å². The topological polar surface area (TPSA) is 6.48 Å². The molecular formula is C16H26N2.